The number of carbonyl (C=O) groups excluding carboxylic acids is 2. The zero-order chi connectivity index (χ0) is 25.6. The highest BCUT2D eigenvalue weighted by atomic mass is 35.5. The standard InChI is InChI=1S/C28H25ClN2O5S/c29-21-5-3-4-19(16-21)18-31-23-17-20(26(32)30-12-10-28(11-13-30)35-14-15-36-28)8-9-25(23)37(34)24-7-2-1-6-22(24)27(31)33/h1-9,16-17H,10-15,18H2. The minimum atomic E-state index is -1.59. The molecule has 3 aliphatic rings. The molecule has 1 atom stereocenters. The van der Waals surface area contributed by atoms with Crippen molar-refractivity contribution in [2.24, 2.45) is 0 Å². The molecule has 3 aromatic carbocycles. The Bertz CT molecular complexity index is 1410. The predicted octanol–water partition coefficient (Wildman–Crippen LogP) is 4.65. The lowest BCUT2D eigenvalue weighted by Gasteiger charge is -2.37. The van der Waals surface area contributed by atoms with Crippen LogP contribution in [-0.4, -0.2) is 53.0 Å². The quantitative estimate of drug-likeness (QED) is 0.487. The highest BCUT2D eigenvalue weighted by Gasteiger charge is 2.41. The molecule has 7 nitrogen and oxygen atoms in total. The molecular weight excluding hydrogens is 512 g/mol. The molecular formula is C28H25ClN2O5S. The summed E-state index contributed by atoms with van der Waals surface area (Å²) in [5, 5.41) is 0.561. The first-order valence-electron chi connectivity index (χ1n) is 12.2. The summed E-state index contributed by atoms with van der Waals surface area (Å²) in [6, 6.07) is 19.3. The number of ether oxygens (including phenoxy) is 2. The van der Waals surface area contributed by atoms with Gasteiger partial charge in [-0.3, -0.25) is 9.59 Å². The van der Waals surface area contributed by atoms with Gasteiger partial charge in [-0.15, -0.1) is 0 Å². The molecule has 2 amide bonds. The monoisotopic (exact) mass is 536 g/mol. The van der Waals surface area contributed by atoms with Crippen LogP contribution in [0.2, 0.25) is 5.02 Å². The van der Waals surface area contributed by atoms with Crippen molar-refractivity contribution in [3.63, 3.8) is 0 Å². The van der Waals surface area contributed by atoms with Gasteiger partial charge in [0, 0.05) is 36.5 Å². The lowest BCUT2D eigenvalue weighted by Crippen LogP contribution is -2.47. The zero-order valence-corrected chi connectivity index (χ0v) is 21.6. The van der Waals surface area contributed by atoms with Crippen LogP contribution in [0, 0.1) is 0 Å². The number of fused-ring (bicyclic) bond motifs is 2. The van der Waals surface area contributed by atoms with Crippen molar-refractivity contribution >= 4 is 39.9 Å². The van der Waals surface area contributed by atoms with Crippen LogP contribution in [0.3, 0.4) is 0 Å². The molecule has 1 spiro atoms. The fraction of sp³-hybridized carbons (Fsp3) is 0.286. The number of rotatable bonds is 3. The average Bonchev–Trinajstić information content (AvgIpc) is 3.35. The molecule has 6 rings (SSSR count). The summed E-state index contributed by atoms with van der Waals surface area (Å²) in [5.74, 6) is -0.992. The number of piperidine rings is 1. The number of benzene rings is 3. The fourth-order valence-electron chi connectivity index (χ4n) is 5.19. The summed E-state index contributed by atoms with van der Waals surface area (Å²) in [6.45, 7) is 2.40. The Balaban J connectivity index is 1.37. The molecule has 0 radical (unpaired) electrons. The average molecular weight is 537 g/mol. The molecule has 190 valence electrons. The molecule has 0 saturated carbocycles. The first kappa shape index (κ1) is 24.3. The number of likely N-dealkylation sites (tertiary alicyclic amines) is 1. The topological polar surface area (TPSA) is 76.2 Å². The van der Waals surface area contributed by atoms with Crippen molar-refractivity contribution in [1.82, 2.24) is 4.90 Å². The first-order chi connectivity index (χ1) is 17.9. The normalized spacial score (nSPS) is 20.5. The van der Waals surface area contributed by atoms with Crippen molar-refractivity contribution < 1.29 is 23.3 Å². The van der Waals surface area contributed by atoms with Gasteiger partial charge in [-0.25, -0.2) is 4.21 Å². The maximum Gasteiger partial charge on any atom is 0.259 e. The molecule has 2 saturated heterocycles. The molecule has 0 bridgehead atoms. The van der Waals surface area contributed by atoms with E-state index >= 15 is 0 Å². The Labute approximate surface area is 222 Å². The number of halogens is 1. The van der Waals surface area contributed by atoms with Gasteiger partial charge in [0.1, 0.15) is 0 Å². The number of hydrogen-bond acceptors (Lipinski definition) is 5. The van der Waals surface area contributed by atoms with Gasteiger partial charge in [-0.1, -0.05) is 35.9 Å². The van der Waals surface area contributed by atoms with E-state index in [4.69, 9.17) is 21.1 Å². The third-order valence-electron chi connectivity index (χ3n) is 7.11. The van der Waals surface area contributed by atoms with E-state index < -0.39 is 16.6 Å². The van der Waals surface area contributed by atoms with E-state index in [1.807, 2.05) is 12.1 Å². The third-order valence-corrected chi connectivity index (χ3v) is 8.85. The molecule has 3 aromatic rings. The Kier molecular flexibility index (Phi) is 6.36. The summed E-state index contributed by atoms with van der Waals surface area (Å²) in [6.07, 6.45) is 1.23. The Morgan fingerprint density at radius 2 is 1.70 bits per heavy atom. The lowest BCUT2D eigenvalue weighted by molar-refractivity contribution is -0.181. The minimum absolute atomic E-state index is 0.140. The van der Waals surface area contributed by atoms with Gasteiger partial charge >= 0.3 is 0 Å². The van der Waals surface area contributed by atoms with Crippen molar-refractivity contribution in [3.05, 3.63) is 88.4 Å². The maximum absolute atomic E-state index is 13.8. The second kappa shape index (κ2) is 9.68. The molecule has 2 fully saturated rings. The molecule has 3 aliphatic heterocycles. The van der Waals surface area contributed by atoms with E-state index in [-0.39, 0.29) is 18.4 Å². The van der Waals surface area contributed by atoms with E-state index in [1.165, 1.54) is 0 Å². The minimum Gasteiger partial charge on any atom is -0.347 e. The summed E-state index contributed by atoms with van der Waals surface area (Å²) in [7, 11) is -1.59. The van der Waals surface area contributed by atoms with E-state index in [0.29, 0.717) is 70.8 Å². The highest BCUT2D eigenvalue weighted by Crippen LogP contribution is 2.37. The molecule has 1 unspecified atom stereocenters. The number of nitrogens with zero attached hydrogens (tertiary/aromatic N) is 2. The van der Waals surface area contributed by atoms with Gasteiger partial charge in [0.2, 0.25) is 0 Å². The molecule has 37 heavy (non-hydrogen) atoms. The molecule has 0 aromatic heterocycles. The van der Waals surface area contributed by atoms with Gasteiger partial charge in [-0.2, -0.15) is 0 Å². The van der Waals surface area contributed by atoms with Crippen LogP contribution < -0.4 is 4.90 Å². The summed E-state index contributed by atoms with van der Waals surface area (Å²) < 4.78 is 25.2. The van der Waals surface area contributed by atoms with Crippen molar-refractivity contribution in [2.45, 2.75) is 35.0 Å². The van der Waals surface area contributed by atoms with E-state index in [9.17, 15) is 13.8 Å². The predicted molar refractivity (Wildman–Crippen MR) is 139 cm³/mol. The smallest absolute Gasteiger partial charge is 0.259 e. The van der Waals surface area contributed by atoms with Crippen LogP contribution in [0.4, 0.5) is 5.69 Å². The van der Waals surface area contributed by atoms with Crippen molar-refractivity contribution in [3.8, 4) is 0 Å². The number of hydrogen-bond donors (Lipinski definition) is 0. The van der Waals surface area contributed by atoms with E-state index in [1.54, 1.807) is 64.4 Å². The Morgan fingerprint density at radius 3 is 2.46 bits per heavy atom. The number of amides is 2. The third kappa shape index (κ3) is 4.48. The second-order valence-electron chi connectivity index (χ2n) is 9.37. The SMILES string of the molecule is O=C(c1ccc2c(c1)N(Cc1cccc(Cl)c1)C(=O)c1ccccc1S2=O)N1CCC2(CC1)OCCO2. The molecule has 0 N–H and O–H groups in total. The summed E-state index contributed by atoms with van der Waals surface area (Å²) in [4.78, 5) is 31.6. The van der Waals surface area contributed by atoms with Gasteiger partial charge in [0.05, 0.1) is 51.6 Å². The largest absolute Gasteiger partial charge is 0.347 e. The Morgan fingerprint density at radius 1 is 0.946 bits per heavy atom. The van der Waals surface area contributed by atoms with Gasteiger partial charge < -0.3 is 19.3 Å². The maximum atomic E-state index is 13.8. The van der Waals surface area contributed by atoms with Crippen LogP contribution in [-0.2, 0) is 26.8 Å². The highest BCUT2D eigenvalue weighted by molar-refractivity contribution is 7.85. The van der Waals surface area contributed by atoms with Crippen LogP contribution in [0.15, 0.2) is 76.5 Å². The summed E-state index contributed by atoms with van der Waals surface area (Å²) in [5.41, 5.74) is 2.10. The van der Waals surface area contributed by atoms with Crippen molar-refractivity contribution in [2.75, 3.05) is 31.2 Å². The van der Waals surface area contributed by atoms with Crippen LogP contribution in [0.1, 0.15) is 39.1 Å². The number of carbonyl (C=O) groups is 2. The number of anilines is 1. The fourth-order valence-corrected chi connectivity index (χ4v) is 6.75. The molecule has 3 heterocycles. The van der Waals surface area contributed by atoms with Crippen LogP contribution >= 0.6 is 11.6 Å². The summed E-state index contributed by atoms with van der Waals surface area (Å²) >= 11 is 6.21. The molecule has 0 aliphatic carbocycles. The van der Waals surface area contributed by atoms with Gasteiger partial charge in [0.15, 0.2) is 5.79 Å². The van der Waals surface area contributed by atoms with Gasteiger partial charge in [-0.05, 0) is 48.0 Å². The van der Waals surface area contributed by atoms with Crippen LogP contribution in [0.5, 0.6) is 0 Å². The molecule has 9 heteroatoms. The zero-order valence-electron chi connectivity index (χ0n) is 20.0. The van der Waals surface area contributed by atoms with E-state index in [0.717, 1.165) is 5.56 Å². The van der Waals surface area contributed by atoms with Gasteiger partial charge in [0.25, 0.3) is 11.8 Å². The Hall–Kier alpha value is -3.04. The first-order valence-corrected chi connectivity index (χ1v) is 13.8. The van der Waals surface area contributed by atoms with Crippen molar-refractivity contribution in [1.29, 1.82) is 0 Å². The second-order valence-corrected chi connectivity index (χ2v) is 11.2. The van der Waals surface area contributed by atoms with E-state index in [2.05, 4.69) is 0 Å². The lowest BCUT2D eigenvalue weighted by atomic mass is 10.0. The van der Waals surface area contributed by atoms with Crippen LogP contribution in [0.25, 0.3) is 0 Å².